The monoisotopic (exact) mass is 556 g/mol. The minimum atomic E-state index is -0.545. The van der Waals surface area contributed by atoms with Gasteiger partial charge in [-0.25, -0.2) is 0 Å². The van der Waals surface area contributed by atoms with E-state index in [1.807, 2.05) is 56.3 Å². The van der Waals surface area contributed by atoms with E-state index in [4.69, 9.17) is 4.74 Å². The summed E-state index contributed by atoms with van der Waals surface area (Å²) in [6.07, 6.45) is 6.08. The highest BCUT2D eigenvalue weighted by Crippen LogP contribution is 2.31. The standard InChI is InChI=1S/C30H41BrN2O3/c1-6-26(29(35)32-24-10-8-7-9-11-24)33(19-22-14-12-21(2)13-15-22)28(34)20-36-27-17-16-23(18-25(27)31)30(3,4)5/h12-18,24,26H,6-11,19-20H2,1-5H3,(H,32,35). The van der Waals surface area contributed by atoms with E-state index in [-0.39, 0.29) is 29.9 Å². The fourth-order valence-corrected chi connectivity index (χ4v) is 5.15. The third kappa shape index (κ3) is 7.83. The zero-order valence-electron chi connectivity index (χ0n) is 22.4. The first-order valence-electron chi connectivity index (χ1n) is 13.2. The lowest BCUT2D eigenvalue weighted by molar-refractivity contribution is -0.143. The zero-order valence-corrected chi connectivity index (χ0v) is 24.0. The van der Waals surface area contributed by atoms with Crippen LogP contribution < -0.4 is 10.1 Å². The van der Waals surface area contributed by atoms with Crippen molar-refractivity contribution >= 4 is 27.7 Å². The normalized spacial score (nSPS) is 15.3. The average molecular weight is 558 g/mol. The van der Waals surface area contributed by atoms with Gasteiger partial charge in [0.2, 0.25) is 5.91 Å². The number of halogens is 1. The Hall–Kier alpha value is -2.34. The van der Waals surface area contributed by atoms with Gasteiger partial charge in [-0.15, -0.1) is 0 Å². The molecule has 0 spiro atoms. The third-order valence-corrected chi connectivity index (χ3v) is 7.58. The van der Waals surface area contributed by atoms with Gasteiger partial charge in [0.25, 0.3) is 5.91 Å². The van der Waals surface area contributed by atoms with E-state index in [0.717, 1.165) is 41.3 Å². The van der Waals surface area contributed by atoms with Gasteiger partial charge in [-0.3, -0.25) is 9.59 Å². The number of rotatable bonds is 9. The van der Waals surface area contributed by atoms with Crippen LogP contribution in [-0.4, -0.2) is 35.4 Å². The summed E-state index contributed by atoms with van der Waals surface area (Å²) in [7, 11) is 0. The molecule has 1 aliphatic carbocycles. The van der Waals surface area contributed by atoms with Gasteiger partial charge in [-0.1, -0.05) is 82.9 Å². The summed E-state index contributed by atoms with van der Waals surface area (Å²) in [4.78, 5) is 28.5. The minimum absolute atomic E-state index is 0.0156. The summed E-state index contributed by atoms with van der Waals surface area (Å²) in [5, 5.41) is 3.22. The highest BCUT2D eigenvalue weighted by molar-refractivity contribution is 9.10. The van der Waals surface area contributed by atoms with E-state index in [9.17, 15) is 9.59 Å². The van der Waals surface area contributed by atoms with E-state index in [1.54, 1.807) is 4.90 Å². The Balaban J connectivity index is 1.76. The second-order valence-electron chi connectivity index (χ2n) is 11.0. The van der Waals surface area contributed by atoms with Crippen molar-refractivity contribution in [3.05, 3.63) is 63.6 Å². The highest BCUT2D eigenvalue weighted by atomic mass is 79.9. The van der Waals surface area contributed by atoms with Gasteiger partial charge in [-0.05, 0) is 70.8 Å². The molecule has 0 saturated heterocycles. The number of hydrogen-bond acceptors (Lipinski definition) is 3. The summed E-state index contributed by atoms with van der Waals surface area (Å²) in [5.74, 6) is 0.347. The number of hydrogen-bond donors (Lipinski definition) is 1. The van der Waals surface area contributed by atoms with Gasteiger partial charge in [0.1, 0.15) is 11.8 Å². The Morgan fingerprint density at radius 1 is 1.08 bits per heavy atom. The molecule has 0 bridgehead atoms. The Labute approximate surface area is 225 Å². The lowest BCUT2D eigenvalue weighted by atomic mass is 9.87. The summed E-state index contributed by atoms with van der Waals surface area (Å²) in [6, 6.07) is 13.7. The van der Waals surface area contributed by atoms with Crippen LogP contribution in [0.15, 0.2) is 46.9 Å². The van der Waals surface area contributed by atoms with Crippen LogP contribution in [0.2, 0.25) is 0 Å². The molecule has 1 fully saturated rings. The molecule has 5 nitrogen and oxygen atoms in total. The molecule has 1 aliphatic rings. The molecule has 2 amide bonds. The van der Waals surface area contributed by atoms with Gasteiger partial charge >= 0.3 is 0 Å². The molecule has 3 rings (SSSR count). The molecule has 0 heterocycles. The fourth-order valence-electron chi connectivity index (χ4n) is 4.66. The van der Waals surface area contributed by atoms with Gasteiger partial charge in [0, 0.05) is 12.6 Å². The van der Waals surface area contributed by atoms with Crippen LogP contribution in [0.25, 0.3) is 0 Å². The van der Waals surface area contributed by atoms with E-state index in [1.165, 1.54) is 12.0 Å². The van der Waals surface area contributed by atoms with Crippen molar-refractivity contribution in [3.8, 4) is 5.75 Å². The van der Waals surface area contributed by atoms with Gasteiger partial charge in [0.05, 0.1) is 4.47 Å². The minimum Gasteiger partial charge on any atom is -0.483 e. The maximum absolute atomic E-state index is 13.5. The molecule has 6 heteroatoms. The molecule has 1 saturated carbocycles. The molecular weight excluding hydrogens is 516 g/mol. The fraction of sp³-hybridized carbons (Fsp3) is 0.533. The van der Waals surface area contributed by atoms with Crippen LogP contribution in [0, 0.1) is 6.92 Å². The van der Waals surface area contributed by atoms with Crippen molar-refractivity contribution in [2.45, 2.75) is 97.2 Å². The molecule has 196 valence electrons. The first-order valence-corrected chi connectivity index (χ1v) is 14.0. The summed E-state index contributed by atoms with van der Waals surface area (Å²) in [5.41, 5.74) is 3.35. The van der Waals surface area contributed by atoms with E-state index >= 15 is 0 Å². The lowest BCUT2D eigenvalue weighted by Crippen LogP contribution is -2.52. The molecule has 1 atom stereocenters. The van der Waals surface area contributed by atoms with Gasteiger partial charge in [-0.2, -0.15) is 0 Å². The van der Waals surface area contributed by atoms with Gasteiger partial charge < -0.3 is 15.0 Å². The number of nitrogens with one attached hydrogen (secondary N) is 1. The van der Waals surface area contributed by atoms with Gasteiger partial charge in [0.15, 0.2) is 6.61 Å². The second kappa shape index (κ2) is 12.8. The van der Waals surface area contributed by atoms with Crippen molar-refractivity contribution in [1.29, 1.82) is 0 Å². The SMILES string of the molecule is CCC(C(=O)NC1CCCCC1)N(Cc1ccc(C)cc1)C(=O)COc1ccc(C(C)(C)C)cc1Br. The van der Waals surface area contributed by atoms with E-state index in [0.29, 0.717) is 18.7 Å². The Morgan fingerprint density at radius 2 is 1.75 bits per heavy atom. The lowest BCUT2D eigenvalue weighted by Gasteiger charge is -2.32. The molecule has 0 radical (unpaired) electrons. The van der Waals surface area contributed by atoms with Crippen molar-refractivity contribution in [1.82, 2.24) is 10.2 Å². The van der Waals surface area contributed by atoms with Crippen molar-refractivity contribution in [3.63, 3.8) is 0 Å². The van der Waals surface area contributed by atoms with E-state index < -0.39 is 6.04 Å². The Kier molecular flexibility index (Phi) is 10.0. The highest BCUT2D eigenvalue weighted by Gasteiger charge is 2.30. The van der Waals surface area contributed by atoms with Crippen LogP contribution in [0.1, 0.15) is 82.9 Å². The number of aryl methyl sites for hydroxylation is 1. The Morgan fingerprint density at radius 3 is 2.33 bits per heavy atom. The van der Waals surface area contributed by atoms with Crippen LogP contribution in [-0.2, 0) is 21.5 Å². The maximum atomic E-state index is 13.5. The predicted molar refractivity (Wildman–Crippen MR) is 149 cm³/mol. The predicted octanol–water partition coefficient (Wildman–Crippen LogP) is 6.69. The first kappa shape index (κ1) is 28.2. The van der Waals surface area contributed by atoms with Crippen LogP contribution >= 0.6 is 15.9 Å². The smallest absolute Gasteiger partial charge is 0.261 e. The maximum Gasteiger partial charge on any atom is 0.261 e. The first-order chi connectivity index (χ1) is 17.1. The molecule has 1 unspecified atom stereocenters. The van der Waals surface area contributed by atoms with Crippen molar-refractivity contribution < 1.29 is 14.3 Å². The van der Waals surface area contributed by atoms with Crippen molar-refractivity contribution in [2.75, 3.05) is 6.61 Å². The Bertz CT molecular complexity index is 1020. The van der Waals surface area contributed by atoms with Crippen molar-refractivity contribution in [2.24, 2.45) is 0 Å². The number of amides is 2. The number of nitrogens with zero attached hydrogens (tertiary/aromatic N) is 1. The number of carbonyl (C=O) groups excluding carboxylic acids is 2. The quantitative estimate of drug-likeness (QED) is 0.374. The van der Waals surface area contributed by atoms with E-state index in [2.05, 4.69) is 42.0 Å². The average Bonchev–Trinajstić information content (AvgIpc) is 2.84. The molecule has 1 N–H and O–H groups in total. The van der Waals surface area contributed by atoms with Crippen LogP contribution in [0.5, 0.6) is 5.75 Å². The second-order valence-corrected chi connectivity index (χ2v) is 11.8. The molecule has 0 aliphatic heterocycles. The molecule has 36 heavy (non-hydrogen) atoms. The summed E-state index contributed by atoms with van der Waals surface area (Å²) < 4.78 is 6.77. The zero-order chi connectivity index (χ0) is 26.3. The van der Waals surface area contributed by atoms with Crippen LogP contribution in [0.4, 0.5) is 0 Å². The molecule has 2 aromatic rings. The molecular formula is C30H41BrN2O3. The molecule has 2 aromatic carbocycles. The third-order valence-electron chi connectivity index (χ3n) is 6.96. The topological polar surface area (TPSA) is 58.6 Å². The number of ether oxygens (including phenoxy) is 1. The molecule has 0 aromatic heterocycles. The number of carbonyl (C=O) groups is 2. The summed E-state index contributed by atoms with van der Waals surface area (Å²) in [6.45, 7) is 10.7. The van der Waals surface area contributed by atoms with Crippen LogP contribution in [0.3, 0.4) is 0 Å². The number of benzene rings is 2. The largest absolute Gasteiger partial charge is 0.483 e. The summed E-state index contributed by atoms with van der Waals surface area (Å²) >= 11 is 3.59.